The van der Waals surface area contributed by atoms with E-state index in [1.165, 1.54) is 4.90 Å². The topological polar surface area (TPSA) is 182 Å². The summed E-state index contributed by atoms with van der Waals surface area (Å²) in [5, 5.41) is 7.34. The highest BCUT2D eigenvalue weighted by Crippen LogP contribution is 2.48. The normalized spacial score (nSPS) is 30.9. The van der Waals surface area contributed by atoms with E-state index in [2.05, 4.69) is 22.3 Å². The summed E-state index contributed by atoms with van der Waals surface area (Å²) in [6.07, 6.45) is 7.11. The lowest BCUT2D eigenvalue weighted by molar-refractivity contribution is -0.142. The number of nitrogens with zero attached hydrogens (tertiary/aromatic N) is 2. The van der Waals surface area contributed by atoms with E-state index in [0.29, 0.717) is 44.6 Å². The number of hydrogen-bond donors (Lipinski definition) is 3. The number of benzene rings is 1. The second-order valence-corrected chi connectivity index (χ2v) is 20.0. The molecule has 2 aromatic rings. The molecular weight excluding hydrogens is 739 g/mol. The first-order chi connectivity index (χ1) is 26.4. The van der Waals surface area contributed by atoms with Crippen LogP contribution in [-0.2, 0) is 35.6 Å². The van der Waals surface area contributed by atoms with Crippen molar-refractivity contribution in [3.8, 4) is 11.6 Å². The molecule has 7 atom stereocenters. The lowest BCUT2D eigenvalue weighted by Gasteiger charge is -2.33. The van der Waals surface area contributed by atoms with Gasteiger partial charge in [0.05, 0.1) is 23.6 Å². The van der Waals surface area contributed by atoms with Crippen LogP contribution in [0.2, 0.25) is 0 Å². The van der Waals surface area contributed by atoms with Gasteiger partial charge in [-0.1, -0.05) is 44.2 Å². The van der Waals surface area contributed by atoms with Crippen molar-refractivity contribution in [3.63, 3.8) is 0 Å². The summed E-state index contributed by atoms with van der Waals surface area (Å²) in [6.45, 7) is 11.4. The minimum atomic E-state index is -4.00. The lowest BCUT2D eigenvalue weighted by atomic mass is 9.88. The predicted octanol–water partition coefficient (Wildman–Crippen LogP) is 4.69. The van der Waals surface area contributed by atoms with E-state index in [0.717, 1.165) is 35.1 Å². The highest BCUT2D eigenvalue weighted by atomic mass is 32.2. The van der Waals surface area contributed by atoms with Crippen molar-refractivity contribution in [1.29, 1.82) is 0 Å². The number of nitrogens with one attached hydrogen (secondary N) is 3. The molecule has 3 N–H and O–H groups in total. The number of ether oxygens (including phenoxy) is 3. The molecule has 2 saturated carbocycles. The summed E-state index contributed by atoms with van der Waals surface area (Å²) < 4.78 is 45.9. The Kier molecular flexibility index (Phi) is 10.5. The number of allylic oxidation sites excluding steroid dienone is 1. The lowest BCUT2D eigenvalue weighted by Crippen LogP contribution is -2.59. The zero-order chi connectivity index (χ0) is 40.2. The van der Waals surface area contributed by atoms with Crippen molar-refractivity contribution in [2.24, 2.45) is 17.8 Å². The first kappa shape index (κ1) is 39.8. The number of rotatable bonds is 6. The maximum absolute atomic E-state index is 14.9. The van der Waals surface area contributed by atoms with Crippen LogP contribution >= 0.6 is 0 Å². The number of carbonyl (C=O) groups is 4. The zero-order valence-corrected chi connectivity index (χ0v) is 34.0. The van der Waals surface area contributed by atoms with Gasteiger partial charge in [-0.15, -0.1) is 0 Å². The molecule has 14 nitrogen and oxygen atoms in total. The smallest absolute Gasteiger partial charge is 0.408 e. The van der Waals surface area contributed by atoms with E-state index in [4.69, 9.17) is 19.2 Å². The number of hydrogen-bond acceptors (Lipinski definition) is 10. The van der Waals surface area contributed by atoms with Gasteiger partial charge in [-0.3, -0.25) is 19.1 Å². The highest BCUT2D eigenvalue weighted by molar-refractivity contribution is 7.91. The van der Waals surface area contributed by atoms with Crippen molar-refractivity contribution in [2.75, 3.05) is 13.2 Å². The van der Waals surface area contributed by atoms with E-state index >= 15 is 0 Å². The summed E-state index contributed by atoms with van der Waals surface area (Å²) in [7, 11) is -4.00. The third-order valence-electron chi connectivity index (χ3n) is 11.9. The van der Waals surface area contributed by atoms with Crippen molar-refractivity contribution in [1.82, 2.24) is 25.2 Å². The van der Waals surface area contributed by atoms with Gasteiger partial charge < -0.3 is 29.7 Å². The maximum atomic E-state index is 14.9. The number of aryl methyl sites for hydroxylation is 1. The van der Waals surface area contributed by atoms with Gasteiger partial charge in [-0.25, -0.2) is 18.2 Å². The molecule has 304 valence electrons. The number of alkyl carbamates (subject to hydrolysis) is 1. The van der Waals surface area contributed by atoms with Crippen LogP contribution in [0.1, 0.15) is 98.6 Å². The van der Waals surface area contributed by atoms with Crippen molar-refractivity contribution >= 4 is 44.6 Å². The van der Waals surface area contributed by atoms with Crippen LogP contribution in [0.25, 0.3) is 10.8 Å². The number of pyridine rings is 1. The molecule has 0 spiro atoms. The number of carbonyl (C=O) groups excluding carboxylic acids is 4. The Bertz CT molecular complexity index is 2040. The van der Waals surface area contributed by atoms with Gasteiger partial charge in [0.15, 0.2) is 0 Å². The van der Waals surface area contributed by atoms with E-state index in [1.54, 1.807) is 27.7 Å². The van der Waals surface area contributed by atoms with Gasteiger partial charge in [0.25, 0.3) is 5.91 Å². The molecule has 56 heavy (non-hydrogen) atoms. The van der Waals surface area contributed by atoms with Crippen LogP contribution in [-0.4, -0.2) is 89.3 Å². The van der Waals surface area contributed by atoms with E-state index in [9.17, 15) is 27.6 Å². The Morgan fingerprint density at radius 2 is 1.82 bits per heavy atom. The fourth-order valence-electron chi connectivity index (χ4n) is 8.28. The second kappa shape index (κ2) is 14.8. The minimum Gasteiger partial charge on any atom is -0.491 e. The zero-order valence-electron chi connectivity index (χ0n) is 33.2. The molecule has 0 bridgehead atoms. The standard InChI is InChI=1S/C41H55N5O9S/c1-24-12-7-8-13-26-22-41(26,37(49)45-56(51,52)40(6)17-18-40)44-34(47)31-21-27(23-46(31)36(48)32(25(2)20-24)43-38(50)55-39(3,4)5)54-35-29-15-10-9-14-28(29)33-30(42-35)16-11-19-53-33/h8-10,13-15,24-27,31-32H,7,11-12,16-23H2,1-6H3,(H,43,50)(H,44,47)(H,45,49)/b13-8-/t24-,25-,26?,27-,31+,32+,41-/m1/s1. The molecule has 2 aliphatic carbocycles. The number of amides is 4. The summed E-state index contributed by atoms with van der Waals surface area (Å²) in [6, 6.07) is 5.48. The molecule has 1 saturated heterocycles. The van der Waals surface area contributed by atoms with Crippen LogP contribution < -0.4 is 24.8 Å². The molecule has 5 aliphatic rings. The maximum Gasteiger partial charge on any atom is 0.408 e. The van der Waals surface area contributed by atoms with Crippen molar-refractivity contribution in [3.05, 3.63) is 42.1 Å². The van der Waals surface area contributed by atoms with E-state index in [-0.39, 0.29) is 31.2 Å². The third-order valence-corrected chi connectivity index (χ3v) is 14.1. The van der Waals surface area contributed by atoms with Crippen LogP contribution in [0.3, 0.4) is 0 Å². The Morgan fingerprint density at radius 3 is 2.54 bits per heavy atom. The molecule has 15 heteroatoms. The summed E-state index contributed by atoms with van der Waals surface area (Å²) in [5.41, 5.74) is -1.57. The molecule has 3 fully saturated rings. The van der Waals surface area contributed by atoms with E-state index < -0.39 is 73.8 Å². The first-order valence-electron chi connectivity index (χ1n) is 20.0. The Hall–Kier alpha value is -4.40. The largest absolute Gasteiger partial charge is 0.491 e. The second-order valence-electron chi connectivity index (χ2n) is 17.8. The molecule has 1 aromatic carbocycles. The average molecular weight is 794 g/mol. The molecule has 3 aliphatic heterocycles. The van der Waals surface area contributed by atoms with Crippen molar-refractivity contribution < 1.29 is 41.8 Å². The SMILES string of the molecule is C[C@@H]1CC/C=C\C2C[C@@]2(C(=O)NS(=O)(=O)C2(C)CC2)NC(=O)[C@@H]2C[C@@H](Oc3nc4c(c5ccccc35)OCCC4)CN2C(=O)[C@@H](NC(=O)OC(C)(C)C)[C@H](C)C1. The predicted molar refractivity (Wildman–Crippen MR) is 208 cm³/mol. The first-order valence-corrected chi connectivity index (χ1v) is 21.4. The average Bonchev–Trinajstić information content (AvgIpc) is 4.01. The number of aromatic nitrogens is 1. The fourth-order valence-corrected chi connectivity index (χ4v) is 9.59. The van der Waals surface area contributed by atoms with Gasteiger partial charge in [-0.05, 0) is 97.0 Å². The molecule has 4 heterocycles. The summed E-state index contributed by atoms with van der Waals surface area (Å²) in [5.74, 6) is -1.44. The molecule has 7 rings (SSSR count). The number of sulfonamides is 1. The third kappa shape index (κ3) is 8.05. The Morgan fingerprint density at radius 1 is 1.09 bits per heavy atom. The van der Waals surface area contributed by atoms with Gasteiger partial charge in [0.1, 0.15) is 35.1 Å². The van der Waals surface area contributed by atoms with Crippen LogP contribution in [0.15, 0.2) is 36.4 Å². The molecular formula is C41H55N5O9S. The molecule has 0 radical (unpaired) electrons. The van der Waals surface area contributed by atoms with Gasteiger partial charge in [0.2, 0.25) is 27.7 Å². The van der Waals surface area contributed by atoms with Crippen molar-refractivity contribution in [2.45, 2.75) is 133 Å². The Labute approximate surface area is 328 Å². The minimum absolute atomic E-state index is 0.00938. The highest BCUT2D eigenvalue weighted by Gasteiger charge is 2.63. The molecule has 4 amide bonds. The van der Waals surface area contributed by atoms with Crippen LogP contribution in [0.4, 0.5) is 4.79 Å². The quantitative estimate of drug-likeness (QED) is 0.347. The Balaban J connectivity index is 1.24. The van der Waals surface area contributed by atoms with Gasteiger partial charge in [0, 0.05) is 23.1 Å². The fraction of sp³-hybridized carbons (Fsp3) is 0.634. The van der Waals surface area contributed by atoms with Crippen LogP contribution in [0, 0.1) is 17.8 Å². The molecule has 1 aromatic heterocycles. The van der Waals surface area contributed by atoms with Gasteiger partial charge in [-0.2, -0.15) is 0 Å². The molecule has 1 unspecified atom stereocenters. The number of fused-ring (bicyclic) bond motifs is 5. The monoisotopic (exact) mass is 793 g/mol. The van der Waals surface area contributed by atoms with E-state index in [1.807, 2.05) is 43.3 Å². The summed E-state index contributed by atoms with van der Waals surface area (Å²) in [4.78, 5) is 62.9. The van der Waals surface area contributed by atoms with Gasteiger partial charge >= 0.3 is 6.09 Å². The summed E-state index contributed by atoms with van der Waals surface area (Å²) >= 11 is 0. The van der Waals surface area contributed by atoms with Crippen LogP contribution in [0.5, 0.6) is 11.6 Å².